The molecule has 0 spiro atoms. The second-order valence-electron chi connectivity index (χ2n) is 9.42. The molecule has 0 radical (unpaired) electrons. The fourth-order valence-electron chi connectivity index (χ4n) is 5.15. The number of anilines is 2. The third kappa shape index (κ3) is 4.14. The van der Waals surface area contributed by atoms with Crippen LogP contribution in [0.3, 0.4) is 0 Å². The molecule has 3 aliphatic rings. The van der Waals surface area contributed by atoms with Crippen molar-refractivity contribution in [1.82, 2.24) is 0 Å². The molecule has 3 amide bonds. The number of benzene rings is 2. The smallest absolute Gasteiger partial charge is 0.316 e. The van der Waals surface area contributed by atoms with Crippen molar-refractivity contribution in [3.05, 3.63) is 65.2 Å². The molecule has 35 heavy (non-hydrogen) atoms. The quantitative estimate of drug-likeness (QED) is 0.275. The van der Waals surface area contributed by atoms with Crippen LogP contribution < -0.4 is 14.5 Å². The zero-order valence-electron chi connectivity index (χ0n) is 19.4. The molecule has 7 nitrogen and oxygen atoms in total. The number of amides is 3. The van der Waals surface area contributed by atoms with Gasteiger partial charge in [0.2, 0.25) is 17.7 Å². The molecule has 180 valence electrons. The molecular formula is C27H25ClN2O5. The largest absolute Gasteiger partial charge is 0.426 e. The number of imide groups is 1. The van der Waals surface area contributed by atoms with E-state index in [4.69, 9.17) is 16.3 Å². The van der Waals surface area contributed by atoms with Crippen molar-refractivity contribution in [1.29, 1.82) is 0 Å². The van der Waals surface area contributed by atoms with Crippen LogP contribution in [0.1, 0.15) is 25.3 Å². The van der Waals surface area contributed by atoms with E-state index in [-0.39, 0.29) is 54.2 Å². The van der Waals surface area contributed by atoms with Crippen molar-refractivity contribution in [2.45, 2.75) is 26.7 Å². The summed E-state index contributed by atoms with van der Waals surface area (Å²) in [6.07, 6.45) is 4.50. The van der Waals surface area contributed by atoms with Crippen LogP contribution in [0, 0.1) is 30.6 Å². The summed E-state index contributed by atoms with van der Waals surface area (Å²) in [6, 6.07) is 11.8. The number of halogens is 1. The van der Waals surface area contributed by atoms with E-state index in [1.165, 1.54) is 15.9 Å². The second kappa shape index (κ2) is 8.96. The molecule has 2 aromatic carbocycles. The Bertz CT molecular complexity index is 1270. The van der Waals surface area contributed by atoms with Crippen molar-refractivity contribution in [2.24, 2.45) is 23.7 Å². The van der Waals surface area contributed by atoms with Gasteiger partial charge in [0.1, 0.15) is 5.75 Å². The van der Waals surface area contributed by atoms with E-state index >= 15 is 0 Å². The van der Waals surface area contributed by atoms with Crippen LogP contribution >= 0.6 is 11.6 Å². The number of carbonyl (C=O) groups excluding carboxylic acids is 4. The van der Waals surface area contributed by atoms with Crippen molar-refractivity contribution in [3.63, 3.8) is 0 Å². The lowest BCUT2D eigenvalue weighted by molar-refractivity contribution is -0.139. The number of fused-ring (bicyclic) bond motifs is 1. The SMILES string of the molecule is Cc1ccc(N2C[C@H](C(=O)Oc3cccc(N4C(=O)[C@H]5[C@@H](C)C=CC[C@H]5C4=O)c3)CC2=O)cc1Cl. The molecular weight excluding hydrogens is 468 g/mol. The van der Waals surface area contributed by atoms with Gasteiger partial charge in [-0.2, -0.15) is 0 Å². The second-order valence-corrected chi connectivity index (χ2v) is 9.83. The van der Waals surface area contributed by atoms with Gasteiger partial charge in [0, 0.05) is 29.7 Å². The third-order valence-electron chi connectivity index (χ3n) is 7.09. The summed E-state index contributed by atoms with van der Waals surface area (Å²) in [4.78, 5) is 54.3. The molecule has 0 N–H and O–H groups in total. The van der Waals surface area contributed by atoms with Crippen molar-refractivity contribution >= 4 is 46.7 Å². The summed E-state index contributed by atoms with van der Waals surface area (Å²) >= 11 is 6.20. The van der Waals surface area contributed by atoms with Crippen LogP contribution in [-0.2, 0) is 19.2 Å². The summed E-state index contributed by atoms with van der Waals surface area (Å²) in [5.41, 5.74) is 1.92. The predicted molar refractivity (Wildman–Crippen MR) is 131 cm³/mol. The van der Waals surface area contributed by atoms with Gasteiger partial charge in [0.15, 0.2) is 0 Å². The van der Waals surface area contributed by atoms with E-state index in [0.29, 0.717) is 22.8 Å². The minimum atomic E-state index is -0.643. The van der Waals surface area contributed by atoms with Crippen LogP contribution in [-0.4, -0.2) is 30.2 Å². The number of carbonyl (C=O) groups is 4. The average molecular weight is 493 g/mol. The molecule has 0 unspecified atom stereocenters. The zero-order chi connectivity index (χ0) is 24.9. The highest BCUT2D eigenvalue weighted by Crippen LogP contribution is 2.41. The highest BCUT2D eigenvalue weighted by Gasteiger charge is 2.50. The first-order valence-corrected chi connectivity index (χ1v) is 12.0. The van der Waals surface area contributed by atoms with Crippen LogP contribution in [0.2, 0.25) is 5.02 Å². The van der Waals surface area contributed by atoms with E-state index in [2.05, 4.69) is 0 Å². The standard InChI is InChI=1S/C27H25ClN2O5/c1-15-9-10-18(13-22(15)28)29-14-17(11-23(29)31)27(34)35-20-7-4-6-19(12-20)30-25(32)21-8-3-5-16(2)24(21)26(30)33/h3-7,9-10,12-13,16-17,21,24H,8,11,14H2,1-2H3/t16-,17+,21+,24-/m0/s1. The van der Waals surface area contributed by atoms with Gasteiger partial charge in [-0.1, -0.05) is 42.8 Å². The molecule has 2 heterocycles. The predicted octanol–water partition coefficient (Wildman–Crippen LogP) is 4.31. The lowest BCUT2D eigenvalue weighted by Crippen LogP contribution is -2.31. The normalized spacial score (nSPS) is 25.9. The van der Waals surface area contributed by atoms with Crippen molar-refractivity contribution in [2.75, 3.05) is 16.3 Å². The molecule has 5 rings (SSSR count). The molecule has 0 bridgehead atoms. The first-order valence-electron chi connectivity index (χ1n) is 11.7. The molecule has 2 aromatic rings. The number of esters is 1. The Morgan fingerprint density at radius 1 is 1.06 bits per heavy atom. The van der Waals surface area contributed by atoms with E-state index in [9.17, 15) is 19.2 Å². The molecule has 2 saturated heterocycles. The Balaban J connectivity index is 1.30. The number of allylic oxidation sites excluding steroid dienone is 2. The molecule has 0 saturated carbocycles. The number of rotatable bonds is 4. The highest BCUT2D eigenvalue weighted by molar-refractivity contribution is 6.31. The zero-order valence-corrected chi connectivity index (χ0v) is 20.2. The van der Waals surface area contributed by atoms with E-state index in [1.807, 2.05) is 32.1 Å². The van der Waals surface area contributed by atoms with Gasteiger partial charge in [-0.15, -0.1) is 0 Å². The molecule has 2 aliphatic heterocycles. The van der Waals surface area contributed by atoms with Gasteiger partial charge in [-0.3, -0.25) is 19.2 Å². The number of ether oxygens (including phenoxy) is 1. The lowest BCUT2D eigenvalue weighted by Gasteiger charge is -2.22. The van der Waals surface area contributed by atoms with Gasteiger partial charge in [-0.25, -0.2) is 4.90 Å². The first kappa shape index (κ1) is 23.3. The minimum Gasteiger partial charge on any atom is -0.426 e. The molecule has 2 fully saturated rings. The average Bonchev–Trinajstić information content (AvgIpc) is 3.34. The number of hydrogen-bond donors (Lipinski definition) is 0. The van der Waals surface area contributed by atoms with Crippen LogP contribution in [0.15, 0.2) is 54.6 Å². The number of nitrogens with zero attached hydrogens (tertiary/aromatic N) is 2. The van der Waals surface area contributed by atoms with Gasteiger partial charge in [0.25, 0.3) is 0 Å². The van der Waals surface area contributed by atoms with E-state index < -0.39 is 11.9 Å². The lowest BCUT2D eigenvalue weighted by atomic mass is 9.78. The third-order valence-corrected chi connectivity index (χ3v) is 7.50. The van der Waals surface area contributed by atoms with Crippen LogP contribution in [0.4, 0.5) is 11.4 Å². The first-order chi connectivity index (χ1) is 16.7. The Kier molecular flexibility index (Phi) is 5.97. The van der Waals surface area contributed by atoms with Gasteiger partial charge in [0.05, 0.1) is 23.4 Å². The summed E-state index contributed by atoms with van der Waals surface area (Å²) in [5, 5.41) is 0.550. The topological polar surface area (TPSA) is 84.0 Å². The molecule has 0 aromatic heterocycles. The maximum Gasteiger partial charge on any atom is 0.316 e. The summed E-state index contributed by atoms with van der Waals surface area (Å²) in [5.74, 6) is -2.34. The maximum atomic E-state index is 13.1. The maximum absolute atomic E-state index is 13.1. The van der Waals surface area contributed by atoms with Crippen LogP contribution in [0.25, 0.3) is 0 Å². The van der Waals surface area contributed by atoms with Gasteiger partial charge < -0.3 is 9.64 Å². The number of hydrogen-bond acceptors (Lipinski definition) is 5. The molecule has 1 aliphatic carbocycles. The minimum absolute atomic E-state index is 0.0116. The fourth-order valence-corrected chi connectivity index (χ4v) is 5.33. The fraction of sp³-hybridized carbons (Fsp3) is 0.333. The van der Waals surface area contributed by atoms with Gasteiger partial charge >= 0.3 is 5.97 Å². The van der Waals surface area contributed by atoms with Crippen LogP contribution in [0.5, 0.6) is 5.75 Å². The monoisotopic (exact) mass is 492 g/mol. The van der Waals surface area contributed by atoms with Crippen molar-refractivity contribution in [3.8, 4) is 5.75 Å². The van der Waals surface area contributed by atoms with Gasteiger partial charge in [-0.05, 0) is 49.1 Å². The Labute approximate surface area is 208 Å². The molecule has 4 atom stereocenters. The van der Waals surface area contributed by atoms with Crippen molar-refractivity contribution < 1.29 is 23.9 Å². The van der Waals surface area contributed by atoms with E-state index in [0.717, 1.165) is 5.56 Å². The highest BCUT2D eigenvalue weighted by atomic mass is 35.5. The Morgan fingerprint density at radius 2 is 1.86 bits per heavy atom. The summed E-state index contributed by atoms with van der Waals surface area (Å²) in [6.45, 7) is 4.01. The van der Waals surface area contributed by atoms with E-state index in [1.54, 1.807) is 30.3 Å². The Morgan fingerprint density at radius 3 is 2.60 bits per heavy atom. The number of aryl methyl sites for hydroxylation is 1. The Hall–Kier alpha value is -3.45. The molecule has 8 heteroatoms. The summed E-state index contributed by atoms with van der Waals surface area (Å²) in [7, 11) is 0. The summed E-state index contributed by atoms with van der Waals surface area (Å²) < 4.78 is 5.58.